The summed E-state index contributed by atoms with van der Waals surface area (Å²) < 4.78 is 5.47. The summed E-state index contributed by atoms with van der Waals surface area (Å²) in [5.41, 5.74) is 2.49. The number of carbonyl (C=O) groups is 3. The minimum absolute atomic E-state index is 0.320. The predicted octanol–water partition coefficient (Wildman–Crippen LogP) is 3.89. The van der Waals surface area contributed by atoms with E-state index in [9.17, 15) is 14.4 Å². The Morgan fingerprint density at radius 1 is 0.793 bits per heavy atom. The van der Waals surface area contributed by atoms with Gasteiger partial charge in [-0.05, 0) is 19.1 Å². The molecule has 0 aromatic heterocycles. The molecule has 0 heterocycles. The Balaban J connectivity index is 1.71. The number of Topliss-reactive ketones (excluding diaryl/α,β-unsaturated/α-hetero) is 1. The van der Waals surface area contributed by atoms with E-state index in [0.29, 0.717) is 16.7 Å². The van der Waals surface area contributed by atoms with Crippen molar-refractivity contribution in [2.24, 2.45) is 0 Å². The quantitative estimate of drug-likeness (QED) is 0.493. The summed E-state index contributed by atoms with van der Waals surface area (Å²) in [7, 11) is 0. The van der Waals surface area contributed by atoms with Crippen molar-refractivity contribution in [3.8, 4) is 0 Å². The molecule has 1 amide bonds. The molecule has 1 atom stereocenters. The Hall–Kier alpha value is -3.73. The van der Waals surface area contributed by atoms with E-state index in [2.05, 4.69) is 5.32 Å². The minimum atomic E-state index is -1.08. The second kappa shape index (κ2) is 9.46. The Kier molecular flexibility index (Phi) is 6.53. The number of nitrogens with one attached hydrogen (secondary N) is 1. The largest absolute Gasteiger partial charge is 0.448 e. The van der Waals surface area contributed by atoms with Crippen molar-refractivity contribution in [2.75, 3.05) is 6.54 Å². The molecule has 3 rings (SSSR count). The molecule has 0 fully saturated rings. The van der Waals surface area contributed by atoms with Gasteiger partial charge in [0, 0.05) is 16.7 Å². The maximum atomic E-state index is 13.0. The highest BCUT2D eigenvalue weighted by atomic mass is 16.5. The van der Waals surface area contributed by atoms with Crippen LogP contribution in [-0.2, 0) is 9.53 Å². The number of ether oxygens (including phenoxy) is 1. The zero-order chi connectivity index (χ0) is 20.6. The molecular weight excluding hydrogens is 366 g/mol. The van der Waals surface area contributed by atoms with Gasteiger partial charge in [0.2, 0.25) is 5.78 Å². The van der Waals surface area contributed by atoms with Crippen LogP contribution in [0, 0.1) is 6.92 Å². The first-order valence-electron chi connectivity index (χ1n) is 9.23. The van der Waals surface area contributed by atoms with Gasteiger partial charge in [-0.2, -0.15) is 0 Å². The van der Waals surface area contributed by atoms with Gasteiger partial charge in [-0.15, -0.1) is 0 Å². The molecule has 0 saturated carbocycles. The lowest BCUT2D eigenvalue weighted by atomic mass is 9.99. The van der Waals surface area contributed by atoms with E-state index in [-0.39, 0.29) is 18.2 Å². The highest BCUT2D eigenvalue weighted by molar-refractivity contribution is 6.01. The third-order valence-electron chi connectivity index (χ3n) is 4.36. The smallest absolute Gasteiger partial charge is 0.326 e. The first kappa shape index (κ1) is 20.0. The molecule has 0 aliphatic heterocycles. The molecule has 3 aromatic carbocycles. The number of esters is 1. The lowest BCUT2D eigenvalue weighted by Crippen LogP contribution is -2.32. The van der Waals surface area contributed by atoms with Crippen molar-refractivity contribution in [1.29, 1.82) is 0 Å². The molecule has 0 bridgehead atoms. The van der Waals surface area contributed by atoms with Gasteiger partial charge in [0.15, 0.2) is 6.10 Å². The van der Waals surface area contributed by atoms with Gasteiger partial charge >= 0.3 is 5.97 Å². The van der Waals surface area contributed by atoms with Crippen LogP contribution in [-0.4, -0.2) is 24.2 Å². The maximum Gasteiger partial charge on any atom is 0.326 e. The minimum Gasteiger partial charge on any atom is -0.448 e. The topological polar surface area (TPSA) is 72.5 Å². The van der Waals surface area contributed by atoms with Crippen LogP contribution in [0.5, 0.6) is 0 Å². The number of carbonyl (C=O) groups excluding carboxylic acids is 3. The number of amides is 1. The summed E-state index contributed by atoms with van der Waals surface area (Å²) in [5.74, 6) is -1.40. The lowest BCUT2D eigenvalue weighted by molar-refractivity contribution is -0.146. The van der Waals surface area contributed by atoms with Crippen molar-refractivity contribution in [2.45, 2.75) is 13.0 Å². The van der Waals surface area contributed by atoms with Gasteiger partial charge < -0.3 is 10.1 Å². The molecule has 5 heteroatoms. The maximum absolute atomic E-state index is 13.0. The summed E-state index contributed by atoms with van der Waals surface area (Å²) >= 11 is 0. The number of hydrogen-bond donors (Lipinski definition) is 1. The summed E-state index contributed by atoms with van der Waals surface area (Å²) in [4.78, 5) is 37.5. The molecule has 146 valence electrons. The van der Waals surface area contributed by atoms with Crippen LogP contribution in [0.2, 0.25) is 0 Å². The number of benzene rings is 3. The fourth-order valence-corrected chi connectivity index (χ4v) is 2.79. The average Bonchev–Trinajstić information content (AvgIpc) is 2.77. The van der Waals surface area contributed by atoms with E-state index < -0.39 is 12.1 Å². The van der Waals surface area contributed by atoms with Gasteiger partial charge in [0.05, 0.1) is 0 Å². The first-order chi connectivity index (χ1) is 14.0. The Bertz CT molecular complexity index is 982. The number of aryl methyl sites for hydroxylation is 1. The highest BCUT2D eigenvalue weighted by Gasteiger charge is 2.26. The normalized spacial score (nSPS) is 11.3. The Morgan fingerprint density at radius 3 is 2.00 bits per heavy atom. The van der Waals surface area contributed by atoms with Crippen LogP contribution in [0.1, 0.15) is 37.9 Å². The molecule has 1 unspecified atom stereocenters. The molecule has 0 aliphatic rings. The van der Waals surface area contributed by atoms with Gasteiger partial charge in [-0.25, -0.2) is 0 Å². The first-order valence-corrected chi connectivity index (χ1v) is 9.23. The standard InChI is InChI=1S/C24H21NO4/c1-17-12-14-18(15-13-17)22(27)23(19-8-4-2-5-9-19)29-21(26)16-25-24(28)20-10-6-3-7-11-20/h2-15,23H,16H2,1H3,(H,25,28). The lowest BCUT2D eigenvalue weighted by Gasteiger charge is -2.18. The summed E-state index contributed by atoms with van der Waals surface area (Å²) in [6.07, 6.45) is -1.08. The van der Waals surface area contributed by atoms with Crippen LogP contribution >= 0.6 is 0 Å². The summed E-state index contributed by atoms with van der Waals surface area (Å²) in [6, 6.07) is 24.5. The van der Waals surface area contributed by atoms with Gasteiger partial charge in [-0.3, -0.25) is 14.4 Å². The van der Waals surface area contributed by atoms with Crippen molar-refractivity contribution in [3.63, 3.8) is 0 Å². The van der Waals surface area contributed by atoms with Crippen LogP contribution in [0.15, 0.2) is 84.9 Å². The number of hydrogen-bond acceptors (Lipinski definition) is 4. The molecule has 0 saturated heterocycles. The number of rotatable bonds is 7. The average molecular weight is 387 g/mol. The van der Waals surface area contributed by atoms with Crippen LogP contribution in [0.4, 0.5) is 0 Å². The SMILES string of the molecule is Cc1ccc(C(=O)C(OC(=O)CNC(=O)c2ccccc2)c2ccccc2)cc1. The number of ketones is 1. The van der Waals surface area contributed by atoms with E-state index in [1.165, 1.54) is 0 Å². The van der Waals surface area contributed by atoms with Crippen LogP contribution < -0.4 is 5.32 Å². The summed E-state index contributed by atoms with van der Waals surface area (Å²) in [5, 5.41) is 2.52. The Morgan fingerprint density at radius 2 is 1.38 bits per heavy atom. The predicted molar refractivity (Wildman–Crippen MR) is 110 cm³/mol. The molecule has 29 heavy (non-hydrogen) atoms. The third-order valence-corrected chi connectivity index (χ3v) is 4.36. The van der Waals surface area contributed by atoms with Gasteiger partial charge in [-0.1, -0.05) is 78.4 Å². The molecular formula is C24H21NO4. The van der Waals surface area contributed by atoms with Crippen molar-refractivity contribution in [3.05, 3.63) is 107 Å². The molecule has 0 radical (unpaired) electrons. The fourth-order valence-electron chi connectivity index (χ4n) is 2.79. The second-order valence-electron chi connectivity index (χ2n) is 6.56. The van der Waals surface area contributed by atoms with E-state index in [1.54, 1.807) is 66.7 Å². The zero-order valence-corrected chi connectivity index (χ0v) is 16.0. The molecule has 0 aliphatic carbocycles. The zero-order valence-electron chi connectivity index (χ0n) is 16.0. The highest BCUT2D eigenvalue weighted by Crippen LogP contribution is 2.23. The van der Waals surface area contributed by atoms with Crippen molar-refractivity contribution >= 4 is 17.7 Å². The summed E-state index contributed by atoms with van der Waals surface area (Å²) in [6.45, 7) is 1.59. The Labute approximate surface area is 169 Å². The van der Waals surface area contributed by atoms with Crippen LogP contribution in [0.3, 0.4) is 0 Å². The second-order valence-corrected chi connectivity index (χ2v) is 6.56. The molecule has 1 N–H and O–H groups in total. The van der Waals surface area contributed by atoms with E-state index >= 15 is 0 Å². The van der Waals surface area contributed by atoms with Crippen molar-refractivity contribution in [1.82, 2.24) is 5.32 Å². The molecule has 0 spiro atoms. The van der Waals surface area contributed by atoms with E-state index in [4.69, 9.17) is 4.74 Å². The van der Waals surface area contributed by atoms with Crippen LogP contribution in [0.25, 0.3) is 0 Å². The fraction of sp³-hybridized carbons (Fsp3) is 0.125. The monoisotopic (exact) mass is 387 g/mol. The van der Waals surface area contributed by atoms with Gasteiger partial charge in [0.25, 0.3) is 5.91 Å². The van der Waals surface area contributed by atoms with Gasteiger partial charge in [0.1, 0.15) is 6.54 Å². The van der Waals surface area contributed by atoms with E-state index in [1.807, 2.05) is 25.1 Å². The molecule has 5 nitrogen and oxygen atoms in total. The molecule has 3 aromatic rings. The third kappa shape index (κ3) is 5.39. The van der Waals surface area contributed by atoms with Crippen molar-refractivity contribution < 1.29 is 19.1 Å². The van der Waals surface area contributed by atoms with E-state index in [0.717, 1.165) is 5.56 Å².